The quantitative estimate of drug-likeness (QED) is 0.879. The lowest BCUT2D eigenvalue weighted by Crippen LogP contribution is -2.45. The van der Waals surface area contributed by atoms with Crippen LogP contribution in [0.3, 0.4) is 0 Å². The molecule has 7 nitrogen and oxygen atoms in total. The highest BCUT2D eigenvalue weighted by Crippen LogP contribution is 2.23. The number of ether oxygens (including phenoxy) is 2. The molecule has 1 aromatic carbocycles. The van der Waals surface area contributed by atoms with E-state index in [1.54, 1.807) is 0 Å². The van der Waals surface area contributed by atoms with Gasteiger partial charge in [0, 0.05) is 11.6 Å². The summed E-state index contributed by atoms with van der Waals surface area (Å²) in [5, 5.41) is 0.0913. The summed E-state index contributed by atoms with van der Waals surface area (Å²) < 4.78 is 50.7. The number of nitrogens with zero attached hydrogens (tertiary/aromatic N) is 1. The van der Waals surface area contributed by atoms with Gasteiger partial charge in [0.05, 0.1) is 24.7 Å². The van der Waals surface area contributed by atoms with Gasteiger partial charge in [-0.3, -0.25) is 9.78 Å². The van der Waals surface area contributed by atoms with Crippen molar-refractivity contribution in [3.8, 4) is 0 Å². The number of hydrogen-bond donors (Lipinski definition) is 1. The summed E-state index contributed by atoms with van der Waals surface area (Å²) in [4.78, 5) is 15.6. The van der Waals surface area contributed by atoms with E-state index in [-0.39, 0.29) is 29.0 Å². The molecule has 0 aliphatic carbocycles. The van der Waals surface area contributed by atoms with Crippen molar-refractivity contribution in [1.29, 1.82) is 0 Å². The zero-order valence-corrected chi connectivity index (χ0v) is 12.7. The van der Waals surface area contributed by atoms with Crippen molar-refractivity contribution in [2.45, 2.75) is 11.0 Å². The van der Waals surface area contributed by atoms with Crippen LogP contribution in [-0.4, -0.2) is 45.2 Å². The van der Waals surface area contributed by atoms with Gasteiger partial charge < -0.3 is 9.47 Å². The number of sulfonamides is 1. The van der Waals surface area contributed by atoms with E-state index in [1.807, 2.05) is 4.72 Å². The molecular weight excluding hydrogens is 327 g/mol. The average molecular weight is 340 g/mol. The number of fused-ring (bicyclic) bond motifs is 1. The van der Waals surface area contributed by atoms with Crippen LogP contribution in [0.5, 0.6) is 0 Å². The minimum Gasteiger partial charge on any atom is -0.376 e. The molecule has 23 heavy (non-hydrogen) atoms. The molecule has 0 saturated carbocycles. The third-order valence-corrected chi connectivity index (χ3v) is 4.72. The molecule has 1 N–H and O–H groups in total. The lowest BCUT2D eigenvalue weighted by Gasteiger charge is -2.22. The predicted molar refractivity (Wildman–Crippen MR) is 77.6 cm³/mol. The van der Waals surface area contributed by atoms with E-state index < -0.39 is 27.9 Å². The maximum absolute atomic E-state index is 13.7. The summed E-state index contributed by atoms with van der Waals surface area (Å²) in [5.74, 6) is -1.47. The largest absolute Gasteiger partial charge is 0.376 e. The maximum atomic E-state index is 13.7. The van der Waals surface area contributed by atoms with Gasteiger partial charge in [0.15, 0.2) is 6.10 Å². The summed E-state index contributed by atoms with van der Waals surface area (Å²) in [5.41, 5.74) is -0.0833. The van der Waals surface area contributed by atoms with Gasteiger partial charge in [-0.1, -0.05) is 0 Å². The zero-order valence-electron chi connectivity index (χ0n) is 11.9. The Morgan fingerprint density at radius 2 is 2.13 bits per heavy atom. The normalized spacial score (nSPS) is 18.7. The molecule has 1 fully saturated rings. The highest BCUT2D eigenvalue weighted by Gasteiger charge is 2.28. The Morgan fingerprint density at radius 1 is 1.30 bits per heavy atom. The molecule has 0 unspecified atom stereocenters. The molecule has 1 aliphatic rings. The smallest absolute Gasteiger partial charge is 0.265 e. The number of benzene rings is 1. The van der Waals surface area contributed by atoms with Gasteiger partial charge in [-0.05, 0) is 24.3 Å². The average Bonchev–Trinajstić information content (AvgIpc) is 2.55. The van der Waals surface area contributed by atoms with Crippen LogP contribution >= 0.6 is 0 Å². The molecule has 1 aromatic heterocycles. The Kier molecular flexibility index (Phi) is 4.24. The highest BCUT2D eigenvalue weighted by molar-refractivity contribution is 7.90. The molecule has 9 heteroatoms. The molecule has 0 bridgehead atoms. The fraction of sp³-hybridized carbons (Fsp3) is 0.286. The molecule has 0 radical (unpaired) electrons. The summed E-state index contributed by atoms with van der Waals surface area (Å²) in [6.07, 6.45) is 0.358. The minimum atomic E-state index is -4.19. The number of amides is 1. The fourth-order valence-electron chi connectivity index (χ4n) is 2.24. The van der Waals surface area contributed by atoms with E-state index in [0.717, 1.165) is 12.1 Å². The highest BCUT2D eigenvalue weighted by atomic mass is 32.2. The molecular formula is C14H13FN2O5S. The lowest BCUT2D eigenvalue weighted by atomic mass is 10.2. The second kappa shape index (κ2) is 6.19. The van der Waals surface area contributed by atoms with Gasteiger partial charge >= 0.3 is 0 Å². The summed E-state index contributed by atoms with van der Waals surface area (Å²) in [7, 11) is -4.19. The molecule has 1 amide bonds. The Hall–Kier alpha value is -2.10. The van der Waals surface area contributed by atoms with Gasteiger partial charge in [-0.2, -0.15) is 0 Å². The van der Waals surface area contributed by atoms with Gasteiger partial charge in [-0.15, -0.1) is 0 Å². The molecule has 0 spiro atoms. The molecule has 122 valence electrons. The Balaban J connectivity index is 1.94. The Bertz CT molecular complexity index is 849. The van der Waals surface area contributed by atoms with E-state index >= 15 is 0 Å². The van der Waals surface area contributed by atoms with E-state index in [9.17, 15) is 17.6 Å². The Morgan fingerprint density at radius 3 is 2.87 bits per heavy atom. The van der Waals surface area contributed by atoms with E-state index in [2.05, 4.69) is 4.98 Å². The Labute approximate surface area is 131 Å². The van der Waals surface area contributed by atoms with Crippen LogP contribution in [0.15, 0.2) is 35.4 Å². The van der Waals surface area contributed by atoms with Crippen LogP contribution < -0.4 is 4.72 Å². The zero-order chi connectivity index (χ0) is 16.4. The van der Waals surface area contributed by atoms with Gasteiger partial charge in [-0.25, -0.2) is 17.5 Å². The van der Waals surface area contributed by atoms with Crippen molar-refractivity contribution in [1.82, 2.24) is 9.71 Å². The van der Waals surface area contributed by atoms with E-state index in [0.29, 0.717) is 6.61 Å². The number of carbonyl (C=O) groups is 1. The molecule has 3 rings (SSSR count). The number of aromatic nitrogens is 1. The van der Waals surface area contributed by atoms with E-state index in [1.165, 1.54) is 18.3 Å². The van der Waals surface area contributed by atoms with Crippen LogP contribution in [0.25, 0.3) is 10.9 Å². The van der Waals surface area contributed by atoms with Crippen molar-refractivity contribution < 1.29 is 27.1 Å². The summed E-state index contributed by atoms with van der Waals surface area (Å²) in [6.45, 7) is 0.541. The van der Waals surface area contributed by atoms with Crippen LogP contribution in [-0.2, 0) is 24.3 Å². The van der Waals surface area contributed by atoms with Crippen LogP contribution in [0.2, 0.25) is 0 Å². The van der Waals surface area contributed by atoms with Crippen LogP contribution in [0, 0.1) is 5.82 Å². The molecule has 1 aliphatic heterocycles. The fourth-order valence-corrected chi connectivity index (χ4v) is 3.45. The molecule has 1 atom stereocenters. The topological polar surface area (TPSA) is 94.6 Å². The monoisotopic (exact) mass is 340 g/mol. The number of pyridine rings is 1. The minimum absolute atomic E-state index is 0.0208. The summed E-state index contributed by atoms with van der Waals surface area (Å²) >= 11 is 0. The van der Waals surface area contributed by atoms with Crippen molar-refractivity contribution in [2.24, 2.45) is 0 Å². The van der Waals surface area contributed by atoms with Crippen molar-refractivity contribution in [3.63, 3.8) is 0 Å². The third-order valence-electron chi connectivity index (χ3n) is 3.31. The number of hydrogen-bond acceptors (Lipinski definition) is 6. The lowest BCUT2D eigenvalue weighted by molar-refractivity contribution is -0.145. The summed E-state index contributed by atoms with van der Waals surface area (Å²) in [6, 6.07) is 4.99. The second-order valence-corrected chi connectivity index (χ2v) is 6.50. The second-order valence-electron chi connectivity index (χ2n) is 4.85. The maximum Gasteiger partial charge on any atom is 0.265 e. The standard InChI is InChI=1S/C14H13FN2O5S/c15-10-3-4-12(9-2-1-5-16-13(9)10)23(19,20)17-14(18)11-8-21-6-7-22-11/h1-5,11H,6-8H2,(H,17,18)/t11-/m1/s1. The molecule has 2 aromatic rings. The first-order chi connectivity index (χ1) is 11.0. The van der Waals surface area contributed by atoms with Crippen molar-refractivity contribution >= 4 is 26.8 Å². The first kappa shape index (κ1) is 15.8. The first-order valence-electron chi connectivity index (χ1n) is 6.78. The van der Waals surface area contributed by atoms with Gasteiger partial charge in [0.25, 0.3) is 15.9 Å². The number of nitrogens with one attached hydrogen (secondary N) is 1. The van der Waals surface area contributed by atoms with Crippen molar-refractivity contribution in [2.75, 3.05) is 19.8 Å². The third kappa shape index (κ3) is 3.16. The van der Waals surface area contributed by atoms with Crippen LogP contribution in [0.1, 0.15) is 0 Å². The predicted octanol–water partition coefficient (Wildman–Crippen LogP) is 0.594. The molecule has 2 heterocycles. The van der Waals surface area contributed by atoms with Crippen LogP contribution in [0.4, 0.5) is 4.39 Å². The van der Waals surface area contributed by atoms with Gasteiger partial charge in [0.1, 0.15) is 11.3 Å². The SMILES string of the molecule is O=C(NS(=O)(=O)c1ccc(F)c2ncccc12)[C@H]1COCCO1. The number of rotatable bonds is 3. The number of carbonyl (C=O) groups excluding carboxylic acids is 1. The molecule has 1 saturated heterocycles. The number of halogens is 1. The van der Waals surface area contributed by atoms with Crippen molar-refractivity contribution in [3.05, 3.63) is 36.3 Å². The first-order valence-corrected chi connectivity index (χ1v) is 8.26. The van der Waals surface area contributed by atoms with Gasteiger partial charge in [0.2, 0.25) is 0 Å². The van der Waals surface area contributed by atoms with E-state index in [4.69, 9.17) is 9.47 Å².